The fraction of sp³-hybridized carbons (Fsp3) is 0.312. The smallest absolute Gasteiger partial charge is 0.240 e. The predicted octanol–water partition coefficient (Wildman–Crippen LogP) is 3.05. The summed E-state index contributed by atoms with van der Waals surface area (Å²) in [6.45, 7) is 3.92. The fourth-order valence-corrected chi connectivity index (χ4v) is 3.97. The Morgan fingerprint density at radius 3 is 2.69 bits per heavy atom. The van der Waals surface area contributed by atoms with E-state index in [2.05, 4.69) is 20.3 Å². The number of thiophene rings is 1. The van der Waals surface area contributed by atoms with E-state index < -0.39 is 10.0 Å². The van der Waals surface area contributed by atoms with Gasteiger partial charge in [0.2, 0.25) is 10.0 Å². The first kappa shape index (κ1) is 23.2. The van der Waals surface area contributed by atoms with E-state index in [0.717, 1.165) is 12.1 Å². The van der Waals surface area contributed by atoms with Gasteiger partial charge in [-0.1, -0.05) is 17.7 Å². The molecule has 1 aromatic heterocycles. The van der Waals surface area contributed by atoms with Crippen LogP contribution in [0.3, 0.4) is 0 Å². The van der Waals surface area contributed by atoms with Crippen LogP contribution in [0.5, 0.6) is 0 Å². The van der Waals surface area contributed by atoms with Crippen LogP contribution in [-0.4, -0.2) is 34.0 Å². The van der Waals surface area contributed by atoms with Crippen LogP contribution in [-0.2, 0) is 16.6 Å². The van der Waals surface area contributed by atoms with Crippen molar-refractivity contribution in [2.75, 3.05) is 19.6 Å². The van der Waals surface area contributed by atoms with Crippen molar-refractivity contribution in [3.05, 3.63) is 51.7 Å². The Balaban J connectivity index is 0.00000338. The molecule has 10 heteroatoms. The van der Waals surface area contributed by atoms with Gasteiger partial charge in [-0.3, -0.25) is 0 Å². The molecule has 0 unspecified atom stereocenters. The Morgan fingerprint density at radius 1 is 1.23 bits per heavy atom. The third-order valence-corrected chi connectivity index (χ3v) is 5.59. The first-order chi connectivity index (χ1) is 12.0. The van der Waals surface area contributed by atoms with Gasteiger partial charge in [0.25, 0.3) is 0 Å². The summed E-state index contributed by atoms with van der Waals surface area (Å²) in [5, 5.41) is 10.7. The Bertz CT molecular complexity index is 798. The molecule has 0 saturated heterocycles. The molecule has 1 heterocycles. The average Bonchev–Trinajstić information content (AvgIpc) is 3.10. The highest BCUT2D eigenvalue weighted by Gasteiger charge is 2.13. The molecule has 26 heavy (non-hydrogen) atoms. The largest absolute Gasteiger partial charge is 0.357 e. The molecule has 0 radical (unpaired) electrons. The van der Waals surface area contributed by atoms with E-state index in [0.29, 0.717) is 24.1 Å². The summed E-state index contributed by atoms with van der Waals surface area (Å²) in [4.78, 5) is 4.62. The Morgan fingerprint density at radius 2 is 2.04 bits per heavy atom. The highest BCUT2D eigenvalue weighted by Crippen LogP contribution is 2.14. The van der Waals surface area contributed by atoms with Gasteiger partial charge >= 0.3 is 0 Å². The van der Waals surface area contributed by atoms with Crippen molar-refractivity contribution in [2.45, 2.75) is 18.4 Å². The predicted molar refractivity (Wildman–Crippen MR) is 119 cm³/mol. The number of guanidine groups is 1. The fourth-order valence-electron chi connectivity index (χ4n) is 1.98. The molecule has 0 aliphatic heterocycles. The summed E-state index contributed by atoms with van der Waals surface area (Å²) < 4.78 is 26.9. The number of rotatable bonds is 8. The normalized spacial score (nSPS) is 11.7. The van der Waals surface area contributed by atoms with Crippen LogP contribution in [0.2, 0.25) is 5.02 Å². The maximum Gasteiger partial charge on any atom is 0.240 e. The molecule has 0 fully saturated rings. The second-order valence-electron chi connectivity index (χ2n) is 5.11. The third-order valence-electron chi connectivity index (χ3n) is 3.16. The van der Waals surface area contributed by atoms with Gasteiger partial charge in [-0.2, -0.15) is 11.3 Å². The van der Waals surface area contributed by atoms with Crippen molar-refractivity contribution < 1.29 is 8.42 Å². The lowest BCUT2D eigenvalue weighted by atomic mass is 10.3. The third kappa shape index (κ3) is 7.78. The zero-order valence-electron chi connectivity index (χ0n) is 14.2. The lowest BCUT2D eigenvalue weighted by molar-refractivity contribution is 0.580. The van der Waals surface area contributed by atoms with E-state index in [1.165, 1.54) is 12.1 Å². The van der Waals surface area contributed by atoms with Crippen molar-refractivity contribution in [2.24, 2.45) is 4.99 Å². The van der Waals surface area contributed by atoms with Gasteiger partial charge in [0.1, 0.15) is 0 Å². The van der Waals surface area contributed by atoms with Crippen LogP contribution in [0.15, 0.2) is 51.0 Å². The Hall–Kier alpha value is -0.880. The highest BCUT2D eigenvalue weighted by atomic mass is 127. The summed E-state index contributed by atoms with van der Waals surface area (Å²) in [5.74, 6) is 0.649. The van der Waals surface area contributed by atoms with Crippen molar-refractivity contribution in [1.82, 2.24) is 15.4 Å². The standard InChI is InChI=1S/C16H21ClN4O2S2.HI/c1-2-18-16(20-11-13-6-9-24-12-13)19-7-8-21-25(22,23)15-5-3-4-14(17)10-15;/h3-6,9-10,12,21H,2,7-8,11H2,1H3,(H2,18,19,20);1H. The lowest BCUT2D eigenvalue weighted by Gasteiger charge is -2.12. The molecule has 0 bridgehead atoms. The minimum Gasteiger partial charge on any atom is -0.357 e. The van der Waals surface area contributed by atoms with Crippen molar-refractivity contribution in [3.63, 3.8) is 0 Å². The second kappa shape index (κ2) is 11.8. The summed E-state index contributed by atoms with van der Waals surface area (Å²) in [7, 11) is -3.57. The number of hydrogen-bond donors (Lipinski definition) is 3. The van der Waals surface area contributed by atoms with Gasteiger partial charge in [0.15, 0.2) is 5.96 Å². The molecule has 0 saturated carbocycles. The number of hydrogen-bond acceptors (Lipinski definition) is 4. The van der Waals surface area contributed by atoms with Gasteiger partial charge < -0.3 is 10.6 Å². The Labute approximate surface area is 180 Å². The maximum atomic E-state index is 12.2. The van der Waals surface area contributed by atoms with Crippen LogP contribution in [0, 0.1) is 0 Å². The SMILES string of the molecule is CCNC(=NCc1ccsc1)NCCNS(=O)(=O)c1cccc(Cl)c1.I. The van der Waals surface area contributed by atoms with Crippen molar-refractivity contribution in [1.29, 1.82) is 0 Å². The molecule has 2 aromatic rings. The van der Waals surface area contributed by atoms with Gasteiger partial charge in [0.05, 0.1) is 11.4 Å². The number of sulfonamides is 1. The summed E-state index contributed by atoms with van der Waals surface area (Å²) >= 11 is 7.47. The van der Waals surface area contributed by atoms with E-state index in [9.17, 15) is 8.42 Å². The number of halogens is 2. The molecule has 3 N–H and O–H groups in total. The molecule has 0 aliphatic carbocycles. The lowest BCUT2D eigenvalue weighted by Crippen LogP contribution is -2.41. The molecule has 144 valence electrons. The number of aliphatic imine (C=N–C) groups is 1. The van der Waals surface area contributed by atoms with E-state index in [1.807, 2.05) is 23.8 Å². The van der Waals surface area contributed by atoms with Gasteiger partial charge in [-0.05, 0) is 47.5 Å². The summed E-state index contributed by atoms with van der Waals surface area (Å²) in [5.41, 5.74) is 1.14. The molecular formula is C16H22ClIN4O2S2. The van der Waals surface area contributed by atoms with Crippen LogP contribution in [0.1, 0.15) is 12.5 Å². The van der Waals surface area contributed by atoms with Gasteiger partial charge in [-0.25, -0.2) is 18.1 Å². The molecule has 6 nitrogen and oxygen atoms in total. The zero-order chi connectivity index (χ0) is 18.1. The van der Waals surface area contributed by atoms with Crippen LogP contribution in [0.4, 0.5) is 0 Å². The Kier molecular flexibility index (Phi) is 10.5. The van der Waals surface area contributed by atoms with Crippen LogP contribution in [0.25, 0.3) is 0 Å². The van der Waals surface area contributed by atoms with Crippen LogP contribution < -0.4 is 15.4 Å². The first-order valence-corrected chi connectivity index (χ1v) is 10.6. The van der Waals surface area contributed by atoms with Crippen molar-refractivity contribution in [3.8, 4) is 0 Å². The molecule has 2 rings (SSSR count). The summed E-state index contributed by atoms with van der Waals surface area (Å²) in [6, 6.07) is 8.19. The molecular weight excluding hydrogens is 507 g/mol. The van der Waals surface area contributed by atoms with E-state index in [4.69, 9.17) is 11.6 Å². The topological polar surface area (TPSA) is 82.6 Å². The van der Waals surface area contributed by atoms with E-state index in [1.54, 1.807) is 23.5 Å². The minimum absolute atomic E-state index is 0. The quantitative estimate of drug-likeness (QED) is 0.213. The first-order valence-electron chi connectivity index (χ1n) is 7.80. The number of nitrogens with zero attached hydrogens (tertiary/aromatic N) is 1. The highest BCUT2D eigenvalue weighted by molar-refractivity contribution is 14.0. The minimum atomic E-state index is -3.57. The molecule has 0 spiro atoms. The second-order valence-corrected chi connectivity index (χ2v) is 8.09. The molecule has 1 aromatic carbocycles. The summed E-state index contributed by atoms with van der Waals surface area (Å²) in [6.07, 6.45) is 0. The monoisotopic (exact) mass is 528 g/mol. The van der Waals surface area contributed by atoms with Gasteiger partial charge in [-0.15, -0.1) is 24.0 Å². The van der Waals surface area contributed by atoms with Crippen LogP contribution >= 0.6 is 46.9 Å². The van der Waals surface area contributed by atoms with E-state index >= 15 is 0 Å². The zero-order valence-corrected chi connectivity index (χ0v) is 19.0. The van der Waals surface area contributed by atoms with E-state index in [-0.39, 0.29) is 35.4 Å². The van der Waals surface area contributed by atoms with Gasteiger partial charge in [0, 0.05) is 24.7 Å². The number of benzene rings is 1. The maximum absolute atomic E-state index is 12.2. The molecule has 0 amide bonds. The molecule has 0 atom stereocenters. The number of nitrogens with one attached hydrogen (secondary N) is 3. The van der Waals surface area contributed by atoms with Crippen molar-refractivity contribution >= 4 is 62.9 Å². The average molecular weight is 529 g/mol. The molecule has 0 aliphatic rings.